The number of carbonyl (C=O) groups excluding carboxylic acids is 1. The maximum Gasteiger partial charge on any atom is 0.254 e. The van der Waals surface area contributed by atoms with Gasteiger partial charge in [-0.05, 0) is 23.8 Å². The summed E-state index contributed by atoms with van der Waals surface area (Å²) < 4.78 is 0. The Balaban J connectivity index is 2.10. The molecule has 0 fully saturated rings. The van der Waals surface area contributed by atoms with E-state index in [9.17, 15) is 4.79 Å². The monoisotopic (exact) mass is 242 g/mol. The molecule has 2 N–H and O–H groups in total. The molecule has 18 heavy (non-hydrogen) atoms. The number of nitrogen functional groups attached to an aromatic ring is 1. The van der Waals surface area contributed by atoms with Gasteiger partial charge in [0.2, 0.25) is 0 Å². The van der Waals surface area contributed by atoms with Crippen molar-refractivity contribution in [2.75, 3.05) is 12.8 Å². The van der Waals surface area contributed by atoms with Crippen molar-refractivity contribution in [2.24, 2.45) is 0 Å². The molecular formula is C13H14N4O. The molecule has 2 heterocycles. The quantitative estimate of drug-likeness (QED) is 0.881. The van der Waals surface area contributed by atoms with Gasteiger partial charge >= 0.3 is 0 Å². The summed E-state index contributed by atoms with van der Waals surface area (Å²) in [4.78, 5) is 21.6. The van der Waals surface area contributed by atoms with Crippen LogP contribution in [-0.2, 0) is 6.54 Å². The Morgan fingerprint density at radius 2 is 2.22 bits per heavy atom. The van der Waals surface area contributed by atoms with E-state index in [0.717, 1.165) is 5.56 Å². The number of aromatic nitrogens is 2. The van der Waals surface area contributed by atoms with Crippen molar-refractivity contribution < 1.29 is 4.79 Å². The first-order valence-electron chi connectivity index (χ1n) is 5.52. The third-order valence-corrected chi connectivity index (χ3v) is 2.52. The van der Waals surface area contributed by atoms with Crippen molar-refractivity contribution in [3.63, 3.8) is 0 Å². The fraction of sp³-hybridized carbons (Fsp3) is 0.154. The number of amides is 1. The van der Waals surface area contributed by atoms with Crippen LogP contribution in [0.3, 0.4) is 0 Å². The van der Waals surface area contributed by atoms with Gasteiger partial charge in [0.25, 0.3) is 5.91 Å². The van der Waals surface area contributed by atoms with Crippen molar-refractivity contribution in [1.29, 1.82) is 0 Å². The van der Waals surface area contributed by atoms with Gasteiger partial charge in [0.15, 0.2) is 0 Å². The summed E-state index contributed by atoms with van der Waals surface area (Å²) in [5.41, 5.74) is 7.08. The van der Waals surface area contributed by atoms with Crippen LogP contribution in [-0.4, -0.2) is 27.8 Å². The Morgan fingerprint density at radius 3 is 2.89 bits per heavy atom. The average molecular weight is 242 g/mol. The zero-order chi connectivity index (χ0) is 13.0. The lowest BCUT2D eigenvalue weighted by Crippen LogP contribution is -2.26. The molecule has 0 bridgehead atoms. The van der Waals surface area contributed by atoms with Crippen LogP contribution in [0, 0.1) is 0 Å². The first kappa shape index (κ1) is 12.0. The van der Waals surface area contributed by atoms with Gasteiger partial charge in [0.1, 0.15) is 5.82 Å². The molecule has 0 aliphatic heterocycles. The van der Waals surface area contributed by atoms with Gasteiger partial charge in [-0.25, -0.2) is 4.98 Å². The summed E-state index contributed by atoms with van der Waals surface area (Å²) in [7, 11) is 1.74. The third kappa shape index (κ3) is 2.82. The van der Waals surface area contributed by atoms with Gasteiger partial charge in [0, 0.05) is 37.7 Å². The first-order chi connectivity index (χ1) is 8.66. The number of nitrogens with zero attached hydrogens (tertiary/aromatic N) is 3. The smallest absolute Gasteiger partial charge is 0.254 e. The SMILES string of the molecule is CN(Cc1cccnc1)C(=O)c1ccnc(N)c1. The number of hydrogen-bond donors (Lipinski definition) is 1. The average Bonchev–Trinajstić information content (AvgIpc) is 2.39. The van der Waals surface area contributed by atoms with Gasteiger partial charge < -0.3 is 10.6 Å². The first-order valence-corrected chi connectivity index (χ1v) is 5.52. The molecule has 0 aromatic carbocycles. The van der Waals surface area contributed by atoms with Crippen LogP contribution in [0.25, 0.3) is 0 Å². The number of pyridine rings is 2. The molecule has 0 unspecified atom stereocenters. The zero-order valence-electron chi connectivity index (χ0n) is 10.1. The standard InChI is InChI=1S/C13H14N4O/c1-17(9-10-3-2-5-15-8-10)13(18)11-4-6-16-12(14)7-11/h2-8H,9H2,1H3,(H2,14,16). The molecule has 1 amide bonds. The van der Waals surface area contributed by atoms with Crippen LogP contribution in [0.4, 0.5) is 5.82 Å². The lowest BCUT2D eigenvalue weighted by molar-refractivity contribution is 0.0785. The van der Waals surface area contributed by atoms with Gasteiger partial charge in [0.05, 0.1) is 0 Å². The molecule has 5 heteroatoms. The van der Waals surface area contributed by atoms with Crippen molar-refractivity contribution in [3.05, 3.63) is 54.0 Å². The number of rotatable bonds is 3. The third-order valence-electron chi connectivity index (χ3n) is 2.52. The number of carbonyl (C=O) groups is 1. The van der Waals surface area contributed by atoms with Crippen molar-refractivity contribution in [1.82, 2.24) is 14.9 Å². The fourth-order valence-electron chi connectivity index (χ4n) is 1.64. The predicted octanol–water partition coefficient (Wildman–Crippen LogP) is 1.33. The van der Waals surface area contributed by atoms with Gasteiger partial charge in [-0.1, -0.05) is 6.07 Å². The highest BCUT2D eigenvalue weighted by molar-refractivity contribution is 5.94. The highest BCUT2D eigenvalue weighted by atomic mass is 16.2. The molecule has 2 rings (SSSR count). The molecule has 0 atom stereocenters. The second kappa shape index (κ2) is 5.27. The second-order valence-electron chi connectivity index (χ2n) is 3.99. The minimum atomic E-state index is -0.0899. The summed E-state index contributed by atoms with van der Waals surface area (Å²) in [6, 6.07) is 7.00. The minimum Gasteiger partial charge on any atom is -0.384 e. The molecule has 92 valence electrons. The van der Waals surface area contributed by atoms with Crippen LogP contribution in [0.15, 0.2) is 42.9 Å². The summed E-state index contributed by atoms with van der Waals surface area (Å²) in [5, 5.41) is 0. The zero-order valence-corrected chi connectivity index (χ0v) is 10.1. The molecule has 2 aromatic heterocycles. The van der Waals surface area contributed by atoms with Crippen LogP contribution in [0.2, 0.25) is 0 Å². The number of anilines is 1. The van der Waals surface area contributed by atoms with E-state index >= 15 is 0 Å². The van der Waals surface area contributed by atoms with Crippen LogP contribution in [0.5, 0.6) is 0 Å². The van der Waals surface area contributed by atoms with E-state index < -0.39 is 0 Å². The molecule has 0 aliphatic carbocycles. The second-order valence-corrected chi connectivity index (χ2v) is 3.99. The van der Waals surface area contributed by atoms with E-state index in [1.54, 1.807) is 36.5 Å². The molecule has 5 nitrogen and oxygen atoms in total. The lowest BCUT2D eigenvalue weighted by Gasteiger charge is -2.17. The van der Waals surface area contributed by atoms with E-state index in [2.05, 4.69) is 9.97 Å². The maximum atomic E-state index is 12.1. The molecule has 0 aliphatic rings. The van der Waals surface area contributed by atoms with Gasteiger partial charge in [-0.2, -0.15) is 0 Å². The van der Waals surface area contributed by atoms with Crippen LogP contribution >= 0.6 is 0 Å². The molecule has 0 saturated carbocycles. The van der Waals surface area contributed by atoms with Crippen molar-refractivity contribution in [2.45, 2.75) is 6.54 Å². The Kier molecular flexibility index (Phi) is 3.52. The highest BCUT2D eigenvalue weighted by Crippen LogP contribution is 2.09. The van der Waals surface area contributed by atoms with Crippen LogP contribution < -0.4 is 5.73 Å². The van der Waals surface area contributed by atoms with Gasteiger partial charge in [-0.15, -0.1) is 0 Å². The number of nitrogens with two attached hydrogens (primary N) is 1. The predicted molar refractivity (Wildman–Crippen MR) is 68.7 cm³/mol. The van der Waals surface area contributed by atoms with E-state index in [1.807, 2.05) is 12.1 Å². The largest absolute Gasteiger partial charge is 0.384 e. The fourth-order valence-corrected chi connectivity index (χ4v) is 1.64. The minimum absolute atomic E-state index is 0.0899. The summed E-state index contributed by atoms with van der Waals surface area (Å²) in [6.45, 7) is 0.509. The Morgan fingerprint density at radius 1 is 1.39 bits per heavy atom. The summed E-state index contributed by atoms with van der Waals surface area (Å²) in [6.07, 6.45) is 4.97. The van der Waals surface area contributed by atoms with Crippen molar-refractivity contribution in [3.8, 4) is 0 Å². The lowest BCUT2D eigenvalue weighted by atomic mass is 10.2. The van der Waals surface area contributed by atoms with E-state index in [-0.39, 0.29) is 5.91 Å². The topological polar surface area (TPSA) is 72.1 Å². The Labute approximate surface area is 105 Å². The molecule has 2 aromatic rings. The Hall–Kier alpha value is -2.43. The maximum absolute atomic E-state index is 12.1. The van der Waals surface area contributed by atoms with E-state index in [4.69, 9.17) is 5.73 Å². The normalized spacial score (nSPS) is 10.1. The molecule has 0 saturated heterocycles. The van der Waals surface area contributed by atoms with Crippen LogP contribution in [0.1, 0.15) is 15.9 Å². The number of hydrogen-bond acceptors (Lipinski definition) is 4. The summed E-state index contributed by atoms with van der Waals surface area (Å²) in [5.74, 6) is 0.253. The summed E-state index contributed by atoms with van der Waals surface area (Å²) >= 11 is 0. The van der Waals surface area contributed by atoms with Gasteiger partial charge in [-0.3, -0.25) is 9.78 Å². The highest BCUT2D eigenvalue weighted by Gasteiger charge is 2.12. The van der Waals surface area contributed by atoms with Crippen molar-refractivity contribution >= 4 is 11.7 Å². The Bertz CT molecular complexity index is 542. The molecule has 0 radical (unpaired) electrons. The van der Waals surface area contributed by atoms with E-state index in [1.165, 1.54) is 6.20 Å². The molecular weight excluding hydrogens is 228 g/mol. The molecule has 0 spiro atoms. The van der Waals surface area contributed by atoms with E-state index in [0.29, 0.717) is 17.9 Å².